The van der Waals surface area contributed by atoms with Crippen LogP contribution in [0.4, 0.5) is 0 Å². The third-order valence-corrected chi connectivity index (χ3v) is 2.82. The molecule has 3 N–H and O–H groups in total. The lowest BCUT2D eigenvalue weighted by Crippen LogP contribution is -2.48. The Morgan fingerprint density at radius 1 is 1.50 bits per heavy atom. The lowest BCUT2D eigenvalue weighted by molar-refractivity contribution is -0.120. The number of likely N-dealkylation sites (N-methyl/N-ethyl adjacent to an activating group) is 2. The number of nitrogens with one attached hydrogen (secondary N) is 1. The van der Waals surface area contributed by atoms with Crippen LogP contribution in [0.25, 0.3) is 0 Å². The fourth-order valence-electron chi connectivity index (χ4n) is 1.77. The first-order chi connectivity index (χ1) is 8.63. The predicted octanol–water partition coefficient (Wildman–Crippen LogP) is 0.0193. The van der Waals surface area contributed by atoms with Crippen LogP contribution in [0.3, 0.4) is 0 Å². The van der Waals surface area contributed by atoms with Crippen molar-refractivity contribution in [1.29, 1.82) is 0 Å². The van der Waals surface area contributed by atoms with Crippen LogP contribution in [0.1, 0.15) is 12.5 Å². The number of amides is 1. The Morgan fingerprint density at radius 3 is 2.72 bits per heavy atom. The molecule has 0 aliphatic heterocycles. The molecule has 0 aliphatic carbocycles. The molecule has 0 aromatic carbocycles. The van der Waals surface area contributed by atoms with Crippen molar-refractivity contribution >= 4 is 5.91 Å². The first-order valence-electron chi connectivity index (χ1n) is 6.23. The minimum absolute atomic E-state index is 0.280. The summed E-state index contributed by atoms with van der Waals surface area (Å²) in [6, 6.07) is 3.73. The highest BCUT2D eigenvalue weighted by Gasteiger charge is 2.15. The van der Waals surface area contributed by atoms with Gasteiger partial charge in [0.2, 0.25) is 5.91 Å². The molecule has 0 saturated heterocycles. The number of carbonyl (C=O) groups excluding carboxylic acids is 1. The van der Waals surface area contributed by atoms with Crippen molar-refractivity contribution in [1.82, 2.24) is 15.2 Å². The third-order valence-electron chi connectivity index (χ3n) is 2.82. The number of rotatable bonds is 8. The molecule has 1 heterocycles. The maximum Gasteiger partial charge on any atom is 0.235 e. The average molecular weight is 250 g/mol. The fourth-order valence-corrected chi connectivity index (χ4v) is 1.77. The molecular formula is C13H22N4O. The first kappa shape index (κ1) is 14.6. The first-order valence-corrected chi connectivity index (χ1v) is 6.23. The van der Waals surface area contributed by atoms with Crippen LogP contribution in [-0.2, 0) is 11.2 Å². The zero-order valence-corrected chi connectivity index (χ0v) is 11.1. The molecule has 0 fully saturated rings. The number of primary amides is 1. The topological polar surface area (TPSA) is 71.2 Å². The van der Waals surface area contributed by atoms with Crippen LogP contribution >= 0.6 is 0 Å². The van der Waals surface area contributed by atoms with Crippen molar-refractivity contribution < 1.29 is 4.79 Å². The summed E-state index contributed by atoms with van der Waals surface area (Å²) >= 11 is 0. The number of carbonyl (C=O) groups is 1. The van der Waals surface area contributed by atoms with Crippen molar-refractivity contribution in [3.63, 3.8) is 0 Å². The molecule has 1 atom stereocenters. The Kier molecular flexibility index (Phi) is 6.32. The van der Waals surface area contributed by atoms with E-state index in [2.05, 4.69) is 15.2 Å². The molecule has 1 aromatic heterocycles. The molecular weight excluding hydrogens is 228 g/mol. The predicted molar refractivity (Wildman–Crippen MR) is 72.1 cm³/mol. The number of aromatic nitrogens is 1. The summed E-state index contributed by atoms with van der Waals surface area (Å²) in [6.07, 6.45) is 4.52. The highest BCUT2D eigenvalue weighted by Crippen LogP contribution is 1.99. The SMILES string of the molecule is CCNC(CN(C)CCc1ccncc1)C(N)=O. The molecule has 100 valence electrons. The van der Waals surface area contributed by atoms with Crippen molar-refractivity contribution in [3.8, 4) is 0 Å². The van der Waals surface area contributed by atoms with Crippen LogP contribution in [-0.4, -0.2) is 48.5 Å². The summed E-state index contributed by atoms with van der Waals surface area (Å²) in [5, 5.41) is 3.08. The number of nitrogens with two attached hydrogens (primary N) is 1. The second-order valence-electron chi connectivity index (χ2n) is 4.38. The Labute approximate surface area is 108 Å². The van der Waals surface area contributed by atoms with Gasteiger partial charge in [-0.05, 0) is 37.7 Å². The van der Waals surface area contributed by atoms with Gasteiger partial charge in [0.25, 0.3) is 0 Å². The van der Waals surface area contributed by atoms with E-state index in [1.54, 1.807) is 12.4 Å². The second kappa shape index (κ2) is 7.79. The average Bonchev–Trinajstić information content (AvgIpc) is 2.37. The summed E-state index contributed by atoms with van der Waals surface area (Å²) < 4.78 is 0. The van der Waals surface area contributed by atoms with E-state index in [4.69, 9.17) is 5.73 Å². The van der Waals surface area contributed by atoms with Gasteiger partial charge in [-0.1, -0.05) is 6.92 Å². The van der Waals surface area contributed by atoms with Gasteiger partial charge < -0.3 is 16.0 Å². The van der Waals surface area contributed by atoms with Gasteiger partial charge in [0, 0.05) is 25.5 Å². The van der Waals surface area contributed by atoms with E-state index in [9.17, 15) is 4.79 Å². The molecule has 1 amide bonds. The third kappa shape index (κ3) is 5.25. The van der Waals surface area contributed by atoms with E-state index < -0.39 is 0 Å². The molecule has 1 unspecified atom stereocenters. The Morgan fingerprint density at radius 2 is 2.17 bits per heavy atom. The highest BCUT2D eigenvalue weighted by atomic mass is 16.1. The number of hydrogen-bond donors (Lipinski definition) is 2. The Balaban J connectivity index is 2.36. The van der Waals surface area contributed by atoms with E-state index in [0.29, 0.717) is 6.54 Å². The zero-order chi connectivity index (χ0) is 13.4. The van der Waals surface area contributed by atoms with Gasteiger partial charge >= 0.3 is 0 Å². The summed E-state index contributed by atoms with van der Waals surface area (Å²) in [6.45, 7) is 4.23. The molecule has 0 radical (unpaired) electrons. The molecule has 5 nitrogen and oxygen atoms in total. The van der Waals surface area contributed by atoms with Crippen LogP contribution in [0.5, 0.6) is 0 Å². The van der Waals surface area contributed by atoms with Crippen molar-refractivity contribution in [2.45, 2.75) is 19.4 Å². The smallest absolute Gasteiger partial charge is 0.235 e. The van der Waals surface area contributed by atoms with Gasteiger partial charge in [0.15, 0.2) is 0 Å². The van der Waals surface area contributed by atoms with Gasteiger partial charge in [-0.3, -0.25) is 9.78 Å². The van der Waals surface area contributed by atoms with E-state index in [1.807, 2.05) is 26.1 Å². The van der Waals surface area contributed by atoms with Gasteiger partial charge in [0.1, 0.15) is 0 Å². The van der Waals surface area contributed by atoms with E-state index in [-0.39, 0.29) is 11.9 Å². The normalized spacial score (nSPS) is 12.6. The van der Waals surface area contributed by atoms with Crippen molar-refractivity contribution in [3.05, 3.63) is 30.1 Å². The number of pyridine rings is 1. The van der Waals surface area contributed by atoms with Crippen LogP contribution < -0.4 is 11.1 Å². The standard InChI is InChI=1S/C13H22N4O/c1-3-16-12(13(14)18)10-17(2)9-6-11-4-7-15-8-5-11/h4-5,7-8,12,16H,3,6,9-10H2,1-2H3,(H2,14,18). The molecule has 1 aromatic rings. The Bertz CT molecular complexity index is 355. The van der Waals surface area contributed by atoms with Crippen LogP contribution in [0.15, 0.2) is 24.5 Å². The molecule has 0 spiro atoms. The van der Waals surface area contributed by atoms with Crippen LogP contribution in [0.2, 0.25) is 0 Å². The quantitative estimate of drug-likeness (QED) is 0.682. The summed E-state index contributed by atoms with van der Waals surface area (Å²) in [7, 11) is 1.99. The molecule has 18 heavy (non-hydrogen) atoms. The Hall–Kier alpha value is -1.46. The monoisotopic (exact) mass is 250 g/mol. The van der Waals surface area contributed by atoms with E-state index in [0.717, 1.165) is 19.5 Å². The van der Waals surface area contributed by atoms with E-state index >= 15 is 0 Å². The van der Waals surface area contributed by atoms with Crippen molar-refractivity contribution in [2.75, 3.05) is 26.7 Å². The second-order valence-corrected chi connectivity index (χ2v) is 4.38. The zero-order valence-electron chi connectivity index (χ0n) is 11.1. The van der Waals surface area contributed by atoms with E-state index in [1.165, 1.54) is 5.56 Å². The van der Waals surface area contributed by atoms with Gasteiger partial charge in [-0.2, -0.15) is 0 Å². The lowest BCUT2D eigenvalue weighted by Gasteiger charge is -2.22. The summed E-state index contributed by atoms with van der Waals surface area (Å²) in [5.74, 6) is -0.299. The largest absolute Gasteiger partial charge is 0.368 e. The molecule has 1 rings (SSSR count). The molecule has 0 bridgehead atoms. The maximum absolute atomic E-state index is 11.2. The minimum Gasteiger partial charge on any atom is -0.368 e. The minimum atomic E-state index is -0.299. The lowest BCUT2D eigenvalue weighted by atomic mass is 10.2. The van der Waals surface area contributed by atoms with Gasteiger partial charge in [-0.25, -0.2) is 0 Å². The molecule has 0 saturated carbocycles. The summed E-state index contributed by atoms with van der Waals surface area (Å²) in [5.41, 5.74) is 6.59. The van der Waals surface area contributed by atoms with Gasteiger partial charge in [0.05, 0.1) is 6.04 Å². The summed E-state index contributed by atoms with van der Waals surface area (Å²) in [4.78, 5) is 17.3. The van der Waals surface area contributed by atoms with Crippen LogP contribution in [0, 0.1) is 0 Å². The van der Waals surface area contributed by atoms with Gasteiger partial charge in [-0.15, -0.1) is 0 Å². The number of hydrogen-bond acceptors (Lipinski definition) is 4. The fraction of sp³-hybridized carbons (Fsp3) is 0.538. The van der Waals surface area contributed by atoms with Crippen molar-refractivity contribution in [2.24, 2.45) is 5.73 Å². The molecule has 0 aliphatic rings. The molecule has 5 heteroatoms. The number of nitrogens with zero attached hydrogens (tertiary/aromatic N) is 2. The maximum atomic E-state index is 11.2. The highest BCUT2D eigenvalue weighted by molar-refractivity contribution is 5.80.